The van der Waals surface area contributed by atoms with E-state index in [9.17, 15) is 4.79 Å². The first-order valence-electron chi connectivity index (χ1n) is 6.41. The Kier molecular flexibility index (Phi) is 4.27. The number of nitrogens with one attached hydrogen (secondary N) is 1. The summed E-state index contributed by atoms with van der Waals surface area (Å²) in [7, 11) is 0. The molecular weight excluding hydrogens is 258 g/mol. The number of nitrogen functional groups attached to an aromatic ring is 1. The van der Waals surface area contributed by atoms with Crippen molar-refractivity contribution in [2.75, 3.05) is 5.73 Å². The lowest BCUT2D eigenvalue weighted by Gasteiger charge is -2.13. The summed E-state index contributed by atoms with van der Waals surface area (Å²) in [6.07, 6.45) is 2.78. The number of hydrogen-bond acceptors (Lipinski definition) is 3. The van der Waals surface area contributed by atoms with Crippen LogP contribution in [0.4, 0.5) is 5.69 Å². The van der Waals surface area contributed by atoms with Crippen molar-refractivity contribution >= 4 is 22.9 Å². The van der Waals surface area contributed by atoms with Gasteiger partial charge in [-0.15, -0.1) is 11.3 Å². The summed E-state index contributed by atoms with van der Waals surface area (Å²) in [6.45, 7) is 4.86. The van der Waals surface area contributed by atoms with Gasteiger partial charge < -0.3 is 15.6 Å². The number of aromatic nitrogens is 1. The lowest BCUT2D eigenvalue weighted by Crippen LogP contribution is -2.28. The van der Waals surface area contributed by atoms with Gasteiger partial charge in [0, 0.05) is 17.6 Å². The molecule has 0 aliphatic rings. The van der Waals surface area contributed by atoms with Gasteiger partial charge in [0.05, 0.1) is 11.7 Å². The molecule has 2 heterocycles. The summed E-state index contributed by atoms with van der Waals surface area (Å²) in [5.74, 6) is -0.0777. The molecule has 5 heteroatoms. The first-order valence-corrected chi connectivity index (χ1v) is 7.29. The second kappa shape index (κ2) is 5.93. The topological polar surface area (TPSA) is 60.0 Å². The smallest absolute Gasteiger partial charge is 0.268 e. The van der Waals surface area contributed by atoms with E-state index in [0.29, 0.717) is 11.4 Å². The van der Waals surface area contributed by atoms with E-state index in [1.165, 1.54) is 0 Å². The molecule has 2 aromatic rings. The molecule has 1 atom stereocenters. The average molecular weight is 277 g/mol. The maximum atomic E-state index is 12.3. The van der Waals surface area contributed by atoms with Gasteiger partial charge in [0.15, 0.2) is 0 Å². The second-order valence-corrected chi connectivity index (χ2v) is 5.54. The van der Waals surface area contributed by atoms with E-state index in [1.54, 1.807) is 17.4 Å². The Morgan fingerprint density at radius 1 is 1.58 bits per heavy atom. The minimum Gasteiger partial charge on any atom is -0.397 e. The highest BCUT2D eigenvalue weighted by Gasteiger charge is 2.16. The van der Waals surface area contributed by atoms with Gasteiger partial charge in [0.25, 0.3) is 5.91 Å². The third-order valence-corrected chi connectivity index (χ3v) is 3.99. The second-order valence-electron chi connectivity index (χ2n) is 4.56. The Hall–Kier alpha value is -1.75. The molecule has 4 nitrogen and oxygen atoms in total. The number of carbonyl (C=O) groups is 1. The third-order valence-electron chi connectivity index (χ3n) is 2.93. The number of nitrogens with two attached hydrogens (primary N) is 1. The van der Waals surface area contributed by atoms with Crippen LogP contribution in [0.15, 0.2) is 29.8 Å². The lowest BCUT2D eigenvalue weighted by molar-refractivity contribution is 0.0931. The van der Waals surface area contributed by atoms with Crippen LogP contribution in [0.3, 0.4) is 0 Å². The first-order chi connectivity index (χ1) is 9.11. The normalized spacial score (nSPS) is 12.3. The monoisotopic (exact) mass is 277 g/mol. The van der Waals surface area contributed by atoms with E-state index in [4.69, 9.17) is 5.73 Å². The zero-order valence-electron chi connectivity index (χ0n) is 11.2. The van der Waals surface area contributed by atoms with Crippen molar-refractivity contribution in [3.8, 4) is 0 Å². The van der Waals surface area contributed by atoms with Gasteiger partial charge in [-0.3, -0.25) is 4.79 Å². The summed E-state index contributed by atoms with van der Waals surface area (Å²) in [6, 6.07) is 5.75. The van der Waals surface area contributed by atoms with Crippen molar-refractivity contribution in [1.29, 1.82) is 0 Å². The Morgan fingerprint density at radius 3 is 3.00 bits per heavy atom. The van der Waals surface area contributed by atoms with Crippen molar-refractivity contribution in [2.24, 2.45) is 0 Å². The first kappa shape index (κ1) is 13.7. The van der Waals surface area contributed by atoms with E-state index in [-0.39, 0.29) is 11.9 Å². The van der Waals surface area contributed by atoms with Crippen molar-refractivity contribution in [2.45, 2.75) is 32.9 Å². The lowest BCUT2D eigenvalue weighted by atomic mass is 10.2. The predicted molar refractivity (Wildman–Crippen MR) is 79.3 cm³/mol. The minimum absolute atomic E-state index is 0.0127. The van der Waals surface area contributed by atoms with Crippen molar-refractivity contribution in [3.63, 3.8) is 0 Å². The largest absolute Gasteiger partial charge is 0.397 e. The maximum absolute atomic E-state index is 12.3. The van der Waals surface area contributed by atoms with E-state index >= 15 is 0 Å². The Labute approximate surface area is 117 Å². The molecule has 0 aliphatic carbocycles. The molecule has 2 rings (SSSR count). The maximum Gasteiger partial charge on any atom is 0.268 e. The number of carbonyl (C=O) groups excluding carboxylic acids is 1. The number of nitrogens with zero attached hydrogens (tertiary/aromatic N) is 1. The van der Waals surface area contributed by atoms with Gasteiger partial charge >= 0.3 is 0 Å². The number of aryl methyl sites for hydroxylation is 1. The van der Waals surface area contributed by atoms with Gasteiger partial charge in [0.2, 0.25) is 0 Å². The summed E-state index contributed by atoms with van der Waals surface area (Å²) in [5.41, 5.74) is 7.03. The van der Waals surface area contributed by atoms with E-state index in [1.807, 2.05) is 35.2 Å². The SMILES string of the molecule is CCCn1cc(N)cc1C(=O)NC(C)c1cccs1. The van der Waals surface area contributed by atoms with Gasteiger partial charge in [-0.1, -0.05) is 13.0 Å². The minimum atomic E-state index is -0.0777. The summed E-state index contributed by atoms with van der Waals surface area (Å²) in [5, 5.41) is 5.02. The van der Waals surface area contributed by atoms with Crippen LogP contribution in [0.1, 0.15) is 41.7 Å². The molecule has 0 saturated carbocycles. The zero-order valence-corrected chi connectivity index (χ0v) is 12.0. The fourth-order valence-electron chi connectivity index (χ4n) is 2.03. The van der Waals surface area contributed by atoms with Crippen LogP contribution in [0.25, 0.3) is 0 Å². The number of anilines is 1. The molecule has 0 spiro atoms. The Balaban J connectivity index is 2.11. The standard InChI is InChI=1S/C14H19N3OS/c1-3-6-17-9-11(15)8-12(17)14(18)16-10(2)13-5-4-7-19-13/h4-5,7-10H,3,6,15H2,1-2H3,(H,16,18). The van der Waals surface area contributed by atoms with Crippen LogP contribution in [-0.2, 0) is 6.54 Å². The highest BCUT2D eigenvalue weighted by atomic mass is 32.1. The van der Waals surface area contributed by atoms with E-state index in [2.05, 4.69) is 12.2 Å². The van der Waals surface area contributed by atoms with Crippen LogP contribution in [0.2, 0.25) is 0 Å². The quantitative estimate of drug-likeness (QED) is 0.882. The molecule has 3 N–H and O–H groups in total. The number of hydrogen-bond donors (Lipinski definition) is 2. The van der Waals surface area contributed by atoms with Crippen molar-refractivity contribution < 1.29 is 4.79 Å². The van der Waals surface area contributed by atoms with Gasteiger partial charge in [-0.2, -0.15) is 0 Å². The molecule has 19 heavy (non-hydrogen) atoms. The summed E-state index contributed by atoms with van der Waals surface area (Å²) in [4.78, 5) is 13.4. The molecule has 2 aromatic heterocycles. The molecule has 1 unspecified atom stereocenters. The van der Waals surface area contributed by atoms with Crippen LogP contribution in [-0.4, -0.2) is 10.5 Å². The molecule has 0 aromatic carbocycles. The van der Waals surface area contributed by atoms with Crippen molar-refractivity contribution in [3.05, 3.63) is 40.3 Å². The molecule has 1 amide bonds. The summed E-state index contributed by atoms with van der Waals surface area (Å²) >= 11 is 1.64. The predicted octanol–water partition coefficient (Wildman–Crippen LogP) is 3.03. The van der Waals surface area contributed by atoms with Crippen LogP contribution < -0.4 is 11.1 Å². The molecule has 0 bridgehead atoms. The van der Waals surface area contributed by atoms with Crippen LogP contribution >= 0.6 is 11.3 Å². The Morgan fingerprint density at radius 2 is 2.37 bits per heavy atom. The highest BCUT2D eigenvalue weighted by Crippen LogP contribution is 2.19. The molecule has 0 aliphatic heterocycles. The fraction of sp³-hybridized carbons (Fsp3) is 0.357. The average Bonchev–Trinajstić information content (AvgIpc) is 2.99. The molecule has 0 radical (unpaired) electrons. The molecule has 0 fully saturated rings. The van der Waals surface area contributed by atoms with Crippen LogP contribution in [0, 0.1) is 0 Å². The van der Waals surface area contributed by atoms with Gasteiger partial charge in [0.1, 0.15) is 5.69 Å². The van der Waals surface area contributed by atoms with Gasteiger partial charge in [-0.05, 0) is 30.9 Å². The molecule has 102 valence electrons. The molecule has 0 saturated heterocycles. The Bertz CT molecular complexity index is 545. The van der Waals surface area contributed by atoms with Crippen molar-refractivity contribution in [1.82, 2.24) is 9.88 Å². The van der Waals surface area contributed by atoms with E-state index in [0.717, 1.165) is 17.8 Å². The number of amides is 1. The fourth-order valence-corrected chi connectivity index (χ4v) is 2.76. The van der Waals surface area contributed by atoms with Crippen LogP contribution in [0.5, 0.6) is 0 Å². The number of rotatable bonds is 5. The number of thiophene rings is 1. The molecular formula is C14H19N3OS. The van der Waals surface area contributed by atoms with Gasteiger partial charge in [-0.25, -0.2) is 0 Å². The zero-order chi connectivity index (χ0) is 13.8. The third kappa shape index (κ3) is 3.17. The van der Waals surface area contributed by atoms with E-state index < -0.39 is 0 Å². The summed E-state index contributed by atoms with van der Waals surface area (Å²) < 4.78 is 1.91. The highest BCUT2D eigenvalue weighted by molar-refractivity contribution is 7.10.